The SMILES string of the molecule is CN1CC2CCN(C(=O)C(COCc3ccccc3)NC(=O)C(C)(C)NC(=O)O)CC2(Cc2ccccc2)C1=O. The molecule has 3 atom stereocenters. The van der Waals surface area contributed by atoms with Crippen LogP contribution in [-0.2, 0) is 32.1 Å². The molecule has 2 fully saturated rings. The van der Waals surface area contributed by atoms with Gasteiger partial charge in [0.2, 0.25) is 17.7 Å². The third kappa shape index (κ3) is 6.44. The maximum absolute atomic E-state index is 14.0. The van der Waals surface area contributed by atoms with Crippen molar-refractivity contribution in [3.8, 4) is 0 Å². The second kappa shape index (κ2) is 12.1. The maximum atomic E-state index is 14.0. The number of nitrogens with zero attached hydrogens (tertiary/aromatic N) is 2. The minimum absolute atomic E-state index is 0.0200. The molecule has 10 nitrogen and oxygen atoms in total. The number of hydrogen-bond acceptors (Lipinski definition) is 5. The molecule has 2 aliphatic heterocycles. The first-order valence-electron chi connectivity index (χ1n) is 13.5. The number of amides is 4. The molecule has 0 aromatic heterocycles. The highest BCUT2D eigenvalue weighted by Crippen LogP contribution is 2.45. The minimum Gasteiger partial charge on any atom is -0.465 e. The topological polar surface area (TPSA) is 128 Å². The molecule has 214 valence electrons. The molecule has 40 heavy (non-hydrogen) atoms. The van der Waals surface area contributed by atoms with E-state index >= 15 is 0 Å². The lowest BCUT2D eigenvalue weighted by Gasteiger charge is -2.44. The van der Waals surface area contributed by atoms with Gasteiger partial charge in [0.05, 0.1) is 18.6 Å². The number of benzene rings is 2. The molecule has 0 bridgehead atoms. The van der Waals surface area contributed by atoms with Crippen molar-refractivity contribution in [2.75, 3.05) is 33.3 Å². The van der Waals surface area contributed by atoms with E-state index < -0.39 is 29.0 Å². The van der Waals surface area contributed by atoms with Crippen molar-refractivity contribution in [3.63, 3.8) is 0 Å². The Labute approximate surface area is 234 Å². The van der Waals surface area contributed by atoms with E-state index in [1.807, 2.05) is 60.7 Å². The fourth-order valence-corrected chi connectivity index (χ4v) is 5.79. The van der Waals surface area contributed by atoms with Crippen LogP contribution in [0.3, 0.4) is 0 Å². The summed E-state index contributed by atoms with van der Waals surface area (Å²) in [5.74, 6) is -0.884. The van der Waals surface area contributed by atoms with Crippen LogP contribution in [-0.4, -0.2) is 83.6 Å². The van der Waals surface area contributed by atoms with Crippen molar-refractivity contribution in [2.45, 2.75) is 44.9 Å². The molecular formula is C30H38N4O6. The molecule has 2 aromatic carbocycles. The quantitative estimate of drug-likeness (QED) is 0.417. The van der Waals surface area contributed by atoms with E-state index in [0.717, 1.165) is 11.1 Å². The Bertz CT molecular complexity index is 1220. The molecule has 4 amide bonds. The molecule has 10 heteroatoms. The zero-order valence-electron chi connectivity index (χ0n) is 23.3. The Hall–Kier alpha value is -3.92. The summed E-state index contributed by atoms with van der Waals surface area (Å²) in [4.78, 5) is 55.3. The highest BCUT2D eigenvalue weighted by Gasteiger charge is 2.56. The number of likely N-dealkylation sites (tertiary alicyclic amines) is 2. The first-order chi connectivity index (χ1) is 19.0. The standard InChI is InChI=1S/C30H38N4O6/c1-29(2,32-28(38)39)26(36)31-24(19-40-18-22-12-8-5-9-13-22)25(35)34-15-14-23-17-33(3)27(37)30(23,20-34)16-21-10-6-4-7-11-21/h4-13,23-24,32H,14-20H2,1-3H3,(H,31,36)(H,38,39). The molecular weight excluding hydrogens is 512 g/mol. The number of carbonyl (C=O) groups excluding carboxylic acids is 3. The second-order valence-electron chi connectivity index (χ2n) is 11.3. The molecule has 2 aliphatic rings. The van der Waals surface area contributed by atoms with Crippen LogP contribution >= 0.6 is 0 Å². The van der Waals surface area contributed by atoms with Crippen LogP contribution in [0.4, 0.5) is 4.79 Å². The van der Waals surface area contributed by atoms with Crippen molar-refractivity contribution in [1.29, 1.82) is 0 Å². The summed E-state index contributed by atoms with van der Waals surface area (Å²) < 4.78 is 5.86. The average molecular weight is 551 g/mol. The molecule has 0 aliphatic carbocycles. The van der Waals surface area contributed by atoms with E-state index in [1.165, 1.54) is 13.8 Å². The highest BCUT2D eigenvalue weighted by molar-refractivity contribution is 5.94. The molecule has 2 heterocycles. The van der Waals surface area contributed by atoms with Gasteiger partial charge >= 0.3 is 6.09 Å². The summed E-state index contributed by atoms with van der Waals surface area (Å²) in [6.45, 7) is 4.30. The minimum atomic E-state index is -1.48. The predicted molar refractivity (Wildman–Crippen MR) is 148 cm³/mol. The summed E-state index contributed by atoms with van der Waals surface area (Å²) >= 11 is 0. The summed E-state index contributed by atoms with van der Waals surface area (Å²) in [5.41, 5.74) is -0.290. The Morgan fingerprint density at radius 3 is 2.33 bits per heavy atom. The van der Waals surface area contributed by atoms with E-state index in [4.69, 9.17) is 9.84 Å². The second-order valence-corrected chi connectivity index (χ2v) is 11.3. The number of ether oxygens (including phenoxy) is 1. The monoisotopic (exact) mass is 550 g/mol. The van der Waals surface area contributed by atoms with Gasteiger partial charge < -0.3 is 30.3 Å². The first kappa shape index (κ1) is 29.1. The van der Waals surface area contributed by atoms with E-state index in [2.05, 4.69) is 10.6 Å². The van der Waals surface area contributed by atoms with Gasteiger partial charge in [-0.2, -0.15) is 0 Å². The largest absolute Gasteiger partial charge is 0.465 e. The fourth-order valence-electron chi connectivity index (χ4n) is 5.79. The van der Waals surface area contributed by atoms with Crippen LogP contribution in [0.15, 0.2) is 60.7 Å². The average Bonchev–Trinajstić information content (AvgIpc) is 3.16. The van der Waals surface area contributed by atoms with Gasteiger partial charge in [0.1, 0.15) is 11.6 Å². The normalized spacial score (nSPS) is 21.5. The van der Waals surface area contributed by atoms with Crippen molar-refractivity contribution in [2.24, 2.45) is 11.3 Å². The highest BCUT2D eigenvalue weighted by atomic mass is 16.5. The lowest BCUT2D eigenvalue weighted by molar-refractivity contribution is -0.147. The molecule has 2 saturated heterocycles. The van der Waals surface area contributed by atoms with Crippen LogP contribution in [0.25, 0.3) is 0 Å². The fraction of sp³-hybridized carbons (Fsp3) is 0.467. The third-order valence-electron chi connectivity index (χ3n) is 7.93. The van der Waals surface area contributed by atoms with Crippen LogP contribution in [0.5, 0.6) is 0 Å². The number of rotatable bonds is 10. The van der Waals surface area contributed by atoms with Gasteiger partial charge in [0, 0.05) is 26.7 Å². The van der Waals surface area contributed by atoms with Gasteiger partial charge in [-0.1, -0.05) is 60.7 Å². The first-order valence-corrected chi connectivity index (χ1v) is 13.5. The van der Waals surface area contributed by atoms with Crippen LogP contribution in [0.2, 0.25) is 0 Å². The van der Waals surface area contributed by atoms with Crippen molar-refractivity contribution in [3.05, 3.63) is 71.8 Å². The lowest BCUT2D eigenvalue weighted by Crippen LogP contribution is -2.62. The summed E-state index contributed by atoms with van der Waals surface area (Å²) in [5, 5.41) is 14.1. The number of carboxylic acid groups (broad SMARTS) is 1. The molecule has 0 spiro atoms. The van der Waals surface area contributed by atoms with E-state index in [1.54, 1.807) is 16.8 Å². The maximum Gasteiger partial charge on any atom is 0.405 e. The number of piperidine rings is 1. The van der Waals surface area contributed by atoms with Crippen LogP contribution in [0, 0.1) is 11.3 Å². The Balaban J connectivity index is 1.55. The summed E-state index contributed by atoms with van der Waals surface area (Å²) in [7, 11) is 1.80. The number of fused-ring (bicyclic) bond motifs is 1. The van der Waals surface area contributed by atoms with E-state index in [-0.39, 0.29) is 37.5 Å². The van der Waals surface area contributed by atoms with Gasteiger partial charge in [-0.15, -0.1) is 0 Å². The van der Waals surface area contributed by atoms with Gasteiger partial charge in [0.15, 0.2) is 0 Å². The number of hydrogen-bond donors (Lipinski definition) is 3. The Morgan fingerprint density at radius 2 is 1.70 bits per heavy atom. The Kier molecular flexibility index (Phi) is 8.78. The summed E-state index contributed by atoms with van der Waals surface area (Å²) in [6, 6.07) is 18.2. The van der Waals surface area contributed by atoms with Gasteiger partial charge in [-0.3, -0.25) is 14.4 Å². The Morgan fingerprint density at radius 1 is 1.07 bits per heavy atom. The summed E-state index contributed by atoms with van der Waals surface area (Å²) in [6.07, 6.45) is -0.174. The lowest BCUT2D eigenvalue weighted by atomic mass is 9.69. The van der Waals surface area contributed by atoms with Crippen molar-refractivity contribution >= 4 is 23.8 Å². The zero-order chi connectivity index (χ0) is 28.9. The van der Waals surface area contributed by atoms with Crippen LogP contribution in [0.1, 0.15) is 31.4 Å². The third-order valence-corrected chi connectivity index (χ3v) is 7.93. The van der Waals surface area contributed by atoms with E-state index in [0.29, 0.717) is 25.9 Å². The molecule has 2 aromatic rings. The van der Waals surface area contributed by atoms with Gasteiger partial charge in [-0.25, -0.2) is 4.79 Å². The molecule has 4 rings (SSSR count). The molecule has 3 unspecified atom stereocenters. The van der Waals surface area contributed by atoms with Crippen molar-refractivity contribution < 1.29 is 29.0 Å². The van der Waals surface area contributed by atoms with Gasteiger partial charge in [-0.05, 0) is 43.7 Å². The van der Waals surface area contributed by atoms with Crippen LogP contribution < -0.4 is 10.6 Å². The van der Waals surface area contributed by atoms with Gasteiger partial charge in [0.25, 0.3) is 0 Å². The van der Waals surface area contributed by atoms with E-state index in [9.17, 15) is 19.2 Å². The smallest absolute Gasteiger partial charge is 0.405 e. The predicted octanol–water partition coefficient (Wildman–Crippen LogP) is 2.28. The molecule has 0 radical (unpaired) electrons. The zero-order valence-corrected chi connectivity index (χ0v) is 23.3. The number of nitrogens with one attached hydrogen (secondary N) is 2. The number of carbonyl (C=O) groups is 4. The molecule has 0 saturated carbocycles. The molecule has 3 N–H and O–H groups in total. The van der Waals surface area contributed by atoms with Crippen molar-refractivity contribution in [1.82, 2.24) is 20.4 Å².